The third kappa shape index (κ3) is 4.73. The molecule has 4 rings (SSSR count). The molecule has 1 heterocycles. The maximum Gasteiger partial charge on any atom is 0.321 e. The maximum absolute atomic E-state index is 13.0. The summed E-state index contributed by atoms with van der Waals surface area (Å²) < 4.78 is 0. The largest absolute Gasteiger partial charge is 0.337 e. The van der Waals surface area contributed by atoms with Gasteiger partial charge in [-0.05, 0) is 73.6 Å². The fourth-order valence-corrected chi connectivity index (χ4v) is 4.33. The molecule has 1 N–H and O–H groups in total. The minimum absolute atomic E-state index is 0.0653. The van der Waals surface area contributed by atoms with Gasteiger partial charge in [0, 0.05) is 42.5 Å². The van der Waals surface area contributed by atoms with E-state index in [-0.39, 0.29) is 11.9 Å². The summed E-state index contributed by atoms with van der Waals surface area (Å²) in [6.07, 6.45) is 5.38. The molecule has 0 atom stereocenters. The number of rotatable bonds is 2. The highest BCUT2D eigenvalue weighted by atomic mass is 35.5. The second-order valence-electron chi connectivity index (χ2n) is 7.76. The Balaban J connectivity index is 1.38. The van der Waals surface area contributed by atoms with E-state index >= 15 is 0 Å². The molecule has 2 aliphatic rings. The summed E-state index contributed by atoms with van der Waals surface area (Å²) in [5.41, 5.74) is 4.14. The van der Waals surface area contributed by atoms with Crippen molar-refractivity contribution in [1.82, 2.24) is 9.80 Å². The number of carbonyl (C=O) groups excluding carboxylic acids is 2. The molecule has 6 heteroatoms. The summed E-state index contributed by atoms with van der Waals surface area (Å²) in [4.78, 5) is 29.3. The Morgan fingerprint density at radius 3 is 2.41 bits per heavy atom. The molecule has 2 aromatic carbocycles. The van der Waals surface area contributed by atoms with Gasteiger partial charge in [-0.25, -0.2) is 4.79 Å². The van der Waals surface area contributed by atoms with Gasteiger partial charge in [-0.1, -0.05) is 23.7 Å². The molecular weight excluding hydrogens is 386 g/mol. The number of halogens is 1. The number of urea groups is 1. The first-order valence-corrected chi connectivity index (χ1v) is 10.7. The van der Waals surface area contributed by atoms with E-state index in [1.807, 2.05) is 17.0 Å². The first kappa shape index (κ1) is 19.8. The van der Waals surface area contributed by atoms with Gasteiger partial charge in [0.15, 0.2) is 0 Å². The fraction of sp³-hybridized carbons (Fsp3) is 0.391. The molecule has 0 aromatic heterocycles. The van der Waals surface area contributed by atoms with Gasteiger partial charge in [0.1, 0.15) is 0 Å². The van der Waals surface area contributed by atoms with E-state index in [2.05, 4.69) is 17.4 Å². The lowest BCUT2D eigenvalue weighted by Gasteiger charge is -2.23. The van der Waals surface area contributed by atoms with Crippen LogP contribution in [0.15, 0.2) is 42.5 Å². The van der Waals surface area contributed by atoms with E-state index in [0.29, 0.717) is 36.9 Å². The topological polar surface area (TPSA) is 52.7 Å². The number of amides is 3. The molecule has 3 amide bonds. The van der Waals surface area contributed by atoms with E-state index in [9.17, 15) is 9.59 Å². The van der Waals surface area contributed by atoms with Crippen molar-refractivity contribution in [2.24, 2.45) is 0 Å². The minimum Gasteiger partial charge on any atom is -0.337 e. The smallest absolute Gasteiger partial charge is 0.321 e. The number of carbonyl (C=O) groups is 2. The van der Waals surface area contributed by atoms with Crippen LogP contribution in [0.2, 0.25) is 5.02 Å². The zero-order valence-corrected chi connectivity index (χ0v) is 17.3. The summed E-state index contributed by atoms with van der Waals surface area (Å²) >= 11 is 5.99. The summed E-state index contributed by atoms with van der Waals surface area (Å²) in [7, 11) is 0. The van der Waals surface area contributed by atoms with Crippen LogP contribution in [-0.2, 0) is 12.8 Å². The molecule has 0 spiro atoms. The van der Waals surface area contributed by atoms with Crippen LogP contribution in [0.25, 0.3) is 0 Å². The van der Waals surface area contributed by atoms with Gasteiger partial charge in [0.05, 0.1) is 0 Å². The zero-order chi connectivity index (χ0) is 20.2. The third-order valence-electron chi connectivity index (χ3n) is 5.74. The lowest BCUT2D eigenvalue weighted by Crippen LogP contribution is -2.39. The van der Waals surface area contributed by atoms with E-state index in [1.54, 1.807) is 23.1 Å². The van der Waals surface area contributed by atoms with Crippen LogP contribution in [0.5, 0.6) is 0 Å². The van der Waals surface area contributed by atoms with Gasteiger partial charge >= 0.3 is 6.03 Å². The van der Waals surface area contributed by atoms with Crippen LogP contribution in [0.4, 0.5) is 10.5 Å². The van der Waals surface area contributed by atoms with Crippen LogP contribution >= 0.6 is 11.6 Å². The highest BCUT2D eigenvalue weighted by Crippen LogP contribution is 2.23. The van der Waals surface area contributed by atoms with Crippen molar-refractivity contribution >= 4 is 29.2 Å². The Bertz CT molecular complexity index is 915. The van der Waals surface area contributed by atoms with E-state index in [1.165, 1.54) is 24.0 Å². The highest BCUT2D eigenvalue weighted by molar-refractivity contribution is 6.30. The van der Waals surface area contributed by atoms with Gasteiger partial charge in [-0.3, -0.25) is 4.79 Å². The lowest BCUT2D eigenvalue weighted by atomic mass is 9.90. The SMILES string of the molecule is O=C(Nc1cccc(Cl)c1)N1CCCN(C(=O)c2ccc3c(c2)CCCC3)CC1. The molecule has 29 heavy (non-hydrogen) atoms. The van der Waals surface area contributed by atoms with Crippen molar-refractivity contribution in [2.75, 3.05) is 31.5 Å². The zero-order valence-electron chi connectivity index (χ0n) is 16.5. The van der Waals surface area contributed by atoms with Gasteiger partial charge in [-0.15, -0.1) is 0 Å². The molecule has 5 nitrogen and oxygen atoms in total. The molecule has 0 saturated carbocycles. The Labute approximate surface area is 176 Å². The van der Waals surface area contributed by atoms with Gasteiger partial charge in [0.25, 0.3) is 5.91 Å². The van der Waals surface area contributed by atoms with Gasteiger partial charge in [-0.2, -0.15) is 0 Å². The molecule has 2 aromatic rings. The van der Waals surface area contributed by atoms with Crippen LogP contribution in [0.1, 0.15) is 40.7 Å². The number of fused-ring (bicyclic) bond motifs is 1. The van der Waals surface area contributed by atoms with Gasteiger partial charge < -0.3 is 15.1 Å². The second kappa shape index (κ2) is 8.87. The number of anilines is 1. The predicted octanol–water partition coefficient (Wildman–Crippen LogP) is 4.60. The third-order valence-corrected chi connectivity index (χ3v) is 5.98. The van der Waals surface area contributed by atoms with Crippen molar-refractivity contribution in [3.63, 3.8) is 0 Å². The molecule has 152 valence electrons. The van der Waals surface area contributed by atoms with Crippen molar-refractivity contribution in [3.8, 4) is 0 Å². The van der Waals surface area contributed by atoms with Crippen LogP contribution < -0.4 is 5.32 Å². The fourth-order valence-electron chi connectivity index (χ4n) is 4.14. The Kier molecular flexibility index (Phi) is 6.05. The predicted molar refractivity (Wildman–Crippen MR) is 116 cm³/mol. The van der Waals surface area contributed by atoms with Crippen LogP contribution in [0, 0.1) is 0 Å². The summed E-state index contributed by atoms with van der Waals surface area (Å²) in [5.74, 6) is 0.0653. The maximum atomic E-state index is 13.0. The van der Waals surface area contributed by atoms with E-state index < -0.39 is 0 Å². The minimum atomic E-state index is -0.157. The number of benzene rings is 2. The Morgan fingerprint density at radius 2 is 1.59 bits per heavy atom. The quantitative estimate of drug-likeness (QED) is 0.785. The Morgan fingerprint density at radius 1 is 0.828 bits per heavy atom. The first-order valence-electron chi connectivity index (χ1n) is 10.3. The molecule has 0 unspecified atom stereocenters. The number of nitrogens with one attached hydrogen (secondary N) is 1. The molecule has 1 aliphatic carbocycles. The first-order chi connectivity index (χ1) is 14.1. The monoisotopic (exact) mass is 411 g/mol. The van der Waals surface area contributed by atoms with E-state index in [4.69, 9.17) is 11.6 Å². The number of aryl methyl sites for hydroxylation is 2. The lowest BCUT2D eigenvalue weighted by molar-refractivity contribution is 0.0762. The molecular formula is C23H26ClN3O2. The van der Waals surface area contributed by atoms with E-state index in [0.717, 1.165) is 24.8 Å². The average Bonchev–Trinajstić information content (AvgIpc) is 2.99. The molecule has 1 saturated heterocycles. The summed E-state index contributed by atoms with van der Waals surface area (Å²) in [6.45, 7) is 2.35. The Hall–Kier alpha value is -2.53. The molecule has 1 fully saturated rings. The van der Waals surface area contributed by atoms with Crippen molar-refractivity contribution in [2.45, 2.75) is 32.1 Å². The van der Waals surface area contributed by atoms with Crippen molar-refractivity contribution < 1.29 is 9.59 Å². The number of nitrogens with zero attached hydrogens (tertiary/aromatic N) is 2. The van der Waals surface area contributed by atoms with Gasteiger partial charge in [0.2, 0.25) is 0 Å². The average molecular weight is 412 g/mol. The van der Waals surface area contributed by atoms with Crippen molar-refractivity contribution in [1.29, 1.82) is 0 Å². The number of hydrogen-bond donors (Lipinski definition) is 1. The highest BCUT2D eigenvalue weighted by Gasteiger charge is 2.23. The van der Waals surface area contributed by atoms with Crippen molar-refractivity contribution in [3.05, 3.63) is 64.2 Å². The number of hydrogen-bond acceptors (Lipinski definition) is 2. The van der Waals surface area contributed by atoms with Crippen LogP contribution in [-0.4, -0.2) is 47.9 Å². The normalized spacial score (nSPS) is 16.7. The summed E-state index contributed by atoms with van der Waals surface area (Å²) in [5, 5.41) is 3.47. The standard InChI is InChI=1S/C23H26ClN3O2/c24-20-7-3-8-21(16-20)25-23(29)27-12-4-11-26(13-14-27)22(28)19-10-9-17-5-1-2-6-18(17)15-19/h3,7-10,15-16H,1-2,4-6,11-14H2,(H,25,29). The molecule has 0 radical (unpaired) electrons. The summed E-state index contributed by atoms with van der Waals surface area (Å²) in [6, 6.07) is 13.1. The second-order valence-corrected chi connectivity index (χ2v) is 8.20. The molecule has 1 aliphatic heterocycles. The molecule has 0 bridgehead atoms. The van der Waals surface area contributed by atoms with Crippen LogP contribution in [0.3, 0.4) is 0 Å².